The van der Waals surface area contributed by atoms with Crippen LogP contribution in [-0.4, -0.2) is 53.9 Å². The number of carbonyl (C=O) groups excluding carboxylic acids is 1. The maximum Gasteiger partial charge on any atom is 0.418 e. The zero-order chi connectivity index (χ0) is 15.4. The number of benzene rings is 1. The molecule has 0 N–H and O–H groups in total. The van der Waals surface area contributed by atoms with Gasteiger partial charge in [0.25, 0.3) is 5.91 Å². The Kier molecular flexibility index (Phi) is 4.55. The Hall–Kier alpha value is -2.12. The average Bonchev–Trinajstić information content (AvgIpc) is 3.02. The van der Waals surface area contributed by atoms with E-state index in [1.807, 2.05) is 12.1 Å². The van der Waals surface area contributed by atoms with Crippen molar-refractivity contribution in [3.63, 3.8) is 0 Å². The minimum Gasteiger partial charge on any atom is -0.439 e. The van der Waals surface area contributed by atoms with E-state index in [-0.39, 0.29) is 18.6 Å². The van der Waals surface area contributed by atoms with E-state index in [0.29, 0.717) is 42.7 Å². The topological polar surface area (TPSA) is 77.7 Å². The van der Waals surface area contributed by atoms with Crippen LogP contribution in [0.5, 0.6) is 6.08 Å². The van der Waals surface area contributed by atoms with Gasteiger partial charge in [-0.1, -0.05) is 28.9 Å². The summed E-state index contributed by atoms with van der Waals surface area (Å²) in [5.74, 6) is 0.181. The van der Waals surface area contributed by atoms with Crippen LogP contribution in [0.15, 0.2) is 28.8 Å². The summed E-state index contributed by atoms with van der Waals surface area (Å²) in [4.78, 5) is 17.7. The molecular formula is C14H14ClN3O4. The molecule has 1 aromatic heterocycles. The first-order valence-corrected chi connectivity index (χ1v) is 7.19. The summed E-state index contributed by atoms with van der Waals surface area (Å²) in [5, 5.41) is 4.31. The van der Waals surface area contributed by atoms with E-state index in [1.54, 1.807) is 17.0 Å². The van der Waals surface area contributed by atoms with Crippen LogP contribution in [0.3, 0.4) is 0 Å². The lowest BCUT2D eigenvalue weighted by atomic mass is 10.2. The highest BCUT2D eigenvalue weighted by molar-refractivity contribution is 6.33. The van der Waals surface area contributed by atoms with Gasteiger partial charge in [0.05, 0.1) is 18.2 Å². The van der Waals surface area contributed by atoms with E-state index in [9.17, 15) is 4.79 Å². The highest BCUT2D eigenvalue weighted by atomic mass is 35.5. The van der Waals surface area contributed by atoms with Gasteiger partial charge in [0.1, 0.15) is 0 Å². The minimum atomic E-state index is -0.149. The molecule has 0 unspecified atom stereocenters. The van der Waals surface area contributed by atoms with Crippen molar-refractivity contribution in [3.05, 3.63) is 29.3 Å². The minimum absolute atomic E-state index is 0.0588. The van der Waals surface area contributed by atoms with Crippen LogP contribution in [-0.2, 0) is 9.53 Å². The van der Waals surface area contributed by atoms with Crippen LogP contribution in [0, 0.1) is 0 Å². The highest BCUT2D eigenvalue weighted by Crippen LogP contribution is 2.26. The van der Waals surface area contributed by atoms with Gasteiger partial charge in [0.15, 0.2) is 6.61 Å². The third kappa shape index (κ3) is 3.37. The highest BCUT2D eigenvalue weighted by Gasteiger charge is 2.19. The summed E-state index contributed by atoms with van der Waals surface area (Å²) in [7, 11) is 0. The number of nitrogens with zero attached hydrogens (tertiary/aromatic N) is 3. The first-order chi connectivity index (χ1) is 10.7. The van der Waals surface area contributed by atoms with Gasteiger partial charge in [-0.25, -0.2) is 0 Å². The lowest BCUT2D eigenvalue weighted by Crippen LogP contribution is -2.43. The second-order valence-corrected chi connectivity index (χ2v) is 5.05. The molecule has 2 heterocycles. The van der Waals surface area contributed by atoms with Gasteiger partial charge in [-0.05, 0) is 12.1 Å². The third-order valence-electron chi connectivity index (χ3n) is 3.21. The standard InChI is InChI=1S/C14H14ClN3O4/c15-11-4-2-1-3-10(11)13-16-14(22-17-13)21-9-12(19)18-5-7-20-8-6-18/h1-4H,5-9H2. The van der Waals surface area contributed by atoms with Crippen molar-refractivity contribution in [2.75, 3.05) is 32.9 Å². The Morgan fingerprint density at radius 3 is 2.86 bits per heavy atom. The summed E-state index contributed by atoms with van der Waals surface area (Å²) >= 11 is 6.06. The van der Waals surface area contributed by atoms with Crippen molar-refractivity contribution in [2.45, 2.75) is 0 Å². The molecule has 0 saturated carbocycles. The Labute approximate surface area is 131 Å². The van der Waals surface area contributed by atoms with E-state index in [4.69, 9.17) is 25.6 Å². The van der Waals surface area contributed by atoms with E-state index in [0.717, 1.165) is 0 Å². The van der Waals surface area contributed by atoms with Crippen molar-refractivity contribution >= 4 is 17.5 Å². The Morgan fingerprint density at radius 2 is 2.09 bits per heavy atom. The first-order valence-electron chi connectivity index (χ1n) is 6.81. The van der Waals surface area contributed by atoms with Gasteiger partial charge in [0.2, 0.25) is 5.82 Å². The number of amides is 1. The Bertz CT molecular complexity index is 655. The number of hydrogen-bond donors (Lipinski definition) is 0. The van der Waals surface area contributed by atoms with Crippen LogP contribution >= 0.6 is 11.6 Å². The molecule has 22 heavy (non-hydrogen) atoms. The zero-order valence-electron chi connectivity index (χ0n) is 11.7. The van der Waals surface area contributed by atoms with E-state index in [1.165, 1.54) is 0 Å². The summed E-state index contributed by atoms with van der Waals surface area (Å²) in [6.07, 6.45) is -0.0588. The van der Waals surface area contributed by atoms with Crippen LogP contribution in [0.2, 0.25) is 5.02 Å². The molecule has 1 aliphatic rings. The van der Waals surface area contributed by atoms with Crippen molar-refractivity contribution in [1.29, 1.82) is 0 Å². The fourth-order valence-electron chi connectivity index (χ4n) is 2.05. The van der Waals surface area contributed by atoms with E-state index < -0.39 is 0 Å². The second kappa shape index (κ2) is 6.76. The molecule has 1 aromatic carbocycles. The largest absolute Gasteiger partial charge is 0.439 e. The average molecular weight is 324 g/mol. The number of rotatable bonds is 4. The molecular weight excluding hydrogens is 310 g/mol. The molecule has 0 aliphatic carbocycles. The number of morpholine rings is 1. The van der Waals surface area contributed by atoms with Gasteiger partial charge in [-0.2, -0.15) is 4.98 Å². The number of aromatic nitrogens is 2. The Balaban J connectivity index is 1.60. The van der Waals surface area contributed by atoms with Crippen molar-refractivity contribution in [1.82, 2.24) is 15.0 Å². The van der Waals surface area contributed by atoms with Crippen molar-refractivity contribution in [3.8, 4) is 17.5 Å². The molecule has 1 amide bonds. The molecule has 1 fully saturated rings. The lowest BCUT2D eigenvalue weighted by Gasteiger charge is -2.26. The van der Waals surface area contributed by atoms with Crippen molar-refractivity contribution in [2.24, 2.45) is 0 Å². The van der Waals surface area contributed by atoms with Gasteiger partial charge in [0, 0.05) is 18.7 Å². The molecule has 2 aromatic rings. The number of ether oxygens (including phenoxy) is 2. The maximum absolute atomic E-state index is 11.9. The van der Waals surface area contributed by atoms with E-state index >= 15 is 0 Å². The normalized spacial score (nSPS) is 14.9. The van der Waals surface area contributed by atoms with Gasteiger partial charge in [-0.15, -0.1) is 0 Å². The summed E-state index contributed by atoms with van der Waals surface area (Å²) in [6.45, 7) is 2.07. The molecule has 0 radical (unpaired) electrons. The molecule has 8 heteroatoms. The predicted octanol–water partition coefficient (Wildman–Crippen LogP) is 1.63. The fourth-order valence-corrected chi connectivity index (χ4v) is 2.27. The van der Waals surface area contributed by atoms with Crippen LogP contribution < -0.4 is 4.74 Å². The SMILES string of the molecule is O=C(COc1nc(-c2ccccc2Cl)no1)N1CCOCC1. The van der Waals surface area contributed by atoms with Gasteiger partial charge >= 0.3 is 6.08 Å². The summed E-state index contributed by atoms with van der Waals surface area (Å²) in [5.41, 5.74) is 0.641. The zero-order valence-corrected chi connectivity index (χ0v) is 12.5. The molecule has 3 rings (SSSR count). The summed E-state index contributed by atoms with van der Waals surface area (Å²) < 4.78 is 15.4. The quantitative estimate of drug-likeness (QED) is 0.851. The lowest BCUT2D eigenvalue weighted by molar-refractivity contribution is -0.137. The second-order valence-electron chi connectivity index (χ2n) is 4.65. The maximum atomic E-state index is 11.9. The number of carbonyl (C=O) groups is 1. The number of halogens is 1. The van der Waals surface area contributed by atoms with Crippen LogP contribution in [0.4, 0.5) is 0 Å². The van der Waals surface area contributed by atoms with Gasteiger partial charge in [-0.3, -0.25) is 9.32 Å². The monoisotopic (exact) mass is 323 g/mol. The molecule has 116 valence electrons. The molecule has 7 nitrogen and oxygen atoms in total. The molecule has 1 saturated heterocycles. The van der Waals surface area contributed by atoms with Crippen LogP contribution in [0.25, 0.3) is 11.4 Å². The first kappa shape index (κ1) is 14.8. The molecule has 0 bridgehead atoms. The number of hydrogen-bond acceptors (Lipinski definition) is 6. The Morgan fingerprint density at radius 1 is 1.32 bits per heavy atom. The summed E-state index contributed by atoms with van der Waals surface area (Å²) in [6, 6.07) is 7.13. The van der Waals surface area contributed by atoms with E-state index in [2.05, 4.69) is 10.1 Å². The molecule has 0 atom stereocenters. The van der Waals surface area contributed by atoms with Gasteiger partial charge < -0.3 is 14.4 Å². The smallest absolute Gasteiger partial charge is 0.418 e. The van der Waals surface area contributed by atoms with Crippen LogP contribution in [0.1, 0.15) is 0 Å². The predicted molar refractivity (Wildman–Crippen MR) is 77.6 cm³/mol. The third-order valence-corrected chi connectivity index (χ3v) is 3.53. The van der Waals surface area contributed by atoms with Crippen molar-refractivity contribution < 1.29 is 18.8 Å². The fraction of sp³-hybridized carbons (Fsp3) is 0.357. The molecule has 1 aliphatic heterocycles. The molecule has 0 spiro atoms.